The molecule has 0 aliphatic carbocycles. The number of methoxy groups -OCH3 is 1. The number of pyridine rings is 1. The number of carboxylic acids is 2. The fourth-order valence-electron chi connectivity index (χ4n) is 1.66. The summed E-state index contributed by atoms with van der Waals surface area (Å²) in [5.74, 6) is -2.61. The maximum absolute atomic E-state index is 11.0. The average molecular weight is 269 g/mol. The lowest BCUT2D eigenvalue weighted by Crippen LogP contribution is -2.41. The van der Waals surface area contributed by atoms with Gasteiger partial charge in [-0.05, 0) is 18.9 Å². The Labute approximate surface area is 109 Å². The lowest BCUT2D eigenvalue weighted by molar-refractivity contribution is -0.166. The number of aliphatic hydroxyl groups is 1. The fourth-order valence-corrected chi connectivity index (χ4v) is 1.66. The average Bonchev–Trinajstić information content (AvgIpc) is 2.35. The quantitative estimate of drug-likeness (QED) is 0.652. The minimum Gasteiger partial charge on any atom is -0.481 e. The summed E-state index contributed by atoms with van der Waals surface area (Å²) in [7, 11) is 1.42. The van der Waals surface area contributed by atoms with E-state index in [-0.39, 0.29) is 12.8 Å². The van der Waals surface area contributed by atoms with Crippen LogP contribution in [0.5, 0.6) is 5.88 Å². The number of ether oxygens (including phenoxy) is 1. The van der Waals surface area contributed by atoms with Gasteiger partial charge in [0.25, 0.3) is 0 Å². The molecule has 1 unspecified atom stereocenters. The summed E-state index contributed by atoms with van der Waals surface area (Å²) >= 11 is 0. The summed E-state index contributed by atoms with van der Waals surface area (Å²) in [5.41, 5.74) is -1.69. The van der Waals surface area contributed by atoms with Gasteiger partial charge in [0.05, 0.1) is 13.5 Å². The maximum Gasteiger partial charge on any atom is 0.336 e. The van der Waals surface area contributed by atoms with E-state index < -0.39 is 24.0 Å². The van der Waals surface area contributed by atoms with Crippen LogP contribution in [0.3, 0.4) is 0 Å². The second-order valence-electron chi connectivity index (χ2n) is 4.08. The van der Waals surface area contributed by atoms with Gasteiger partial charge in [-0.3, -0.25) is 4.79 Å². The monoisotopic (exact) mass is 269 g/mol. The maximum atomic E-state index is 11.0. The van der Waals surface area contributed by atoms with E-state index in [2.05, 4.69) is 4.98 Å². The zero-order valence-electron chi connectivity index (χ0n) is 10.4. The van der Waals surface area contributed by atoms with Gasteiger partial charge in [0, 0.05) is 11.8 Å². The first kappa shape index (κ1) is 14.9. The molecule has 0 saturated heterocycles. The summed E-state index contributed by atoms with van der Waals surface area (Å²) < 4.78 is 5.00. The molecular formula is C12H15NO6. The predicted molar refractivity (Wildman–Crippen MR) is 63.9 cm³/mol. The van der Waals surface area contributed by atoms with Gasteiger partial charge < -0.3 is 20.1 Å². The van der Waals surface area contributed by atoms with Gasteiger partial charge >= 0.3 is 11.9 Å². The molecule has 0 saturated carbocycles. The van der Waals surface area contributed by atoms with E-state index in [4.69, 9.17) is 14.9 Å². The van der Waals surface area contributed by atoms with Crippen molar-refractivity contribution in [1.29, 1.82) is 0 Å². The predicted octanol–water partition coefficient (Wildman–Crippen LogP) is 0.313. The molecule has 0 radical (unpaired) electrons. The van der Waals surface area contributed by atoms with Crippen molar-refractivity contribution in [2.75, 3.05) is 7.11 Å². The van der Waals surface area contributed by atoms with E-state index in [1.165, 1.54) is 13.3 Å². The lowest BCUT2D eigenvalue weighted by Gasteiger charge is -2.21. The van der Waals surface area contributed by atoms with E-state index in [0.29, 0.717) is 11.4 Å². The molecule has 3 N–H and O–H groups in total. The Bertz CT molecular complexity index is 475. The number of aromatic nitrogens is 1. The van der Waals surface area contributed by atoms with Gasteiger partial charge in [-0.2, -0.15) is 0 Å². The Hall–Kier alpha value is -2.15. The molecule has 0 amide bonds. The minimum absolute atomic E-state index is 0.146. The van der Waals surface area contributed by atoms with Gasteiger partial charge in [-0.25, -0.2) is 9.78 Å². The molecule has 7 heteroatoms. The van der Waals surface area contributed by atoms with Gasteiger partial charge in [0.15, 0.2) is 5.60 Å². The van der Waals surface area contributed by atoms with Crippen LogP contribution < -0.4 is 4.74 Å². The van der Waals surface area contributed by atoms with Gasteiger partial charge in [-0.15, -0.1) is 0 Å². The smallest absolute Gasteiger partial charge is 0.336 e. The van der Waals surface area contributed by atoms with Crippen LogP contribution >= 0.6 is 0 Å². The first-order chi connectivity index (χ1) is 8.89. The zero-order valence-corrected chi connectivity index (χ0v) is 10.4. The molecule has 0 fully saturated rings. The normalized spacial score (nSPS) is 13.6. The molecule has 0 aliphatic rings. The Morgan fingerprint density at radius 2 is 2.11 bits per heavy atom. The number of hydrogen-bond donors (Lipinski definition) is 3. The molecule has 0 bridgehead atoms. The van der Waals surface area contributed by atoms with Crippen molar-refractivity contribution in [2.24, 2.45) is 0 Å². The molecule has 1 aromatic rings. The topological polar surface area (TPSA) is 117 Å². The van der Waals surface area contributed by atoms with Crippen LogP contribution in [0.2, 0.25) is 0 Å². The number of carbonyl (C=O) groups is 2. The summed E-state index contributed by atoms with van der Waals surface area (Å²) in [4.78, 5) is 25.5. The van der Waals surface area contributed by atoms with Crippen molar-refractivity contribution >= 4 is 11.9 Å². The SMILES string of the molecule is COc1ncccc1CCC(O)(CC(=O)O)C(=O)O. The van der Waals surface area contributed by atoms with Crippen LogP contribution in [0.15, 0.2) is 18.3 Å². The molecule has 0 aromatic carbocycles. The van der Waals surface area contributed by atoms with Crippen molar-refractivity contribution in [3.8, 4) is 5.88 Å². The molecule has 1 aromatic heterocycles. The number of nitrogens with zero attached hydrogens (tertiary/aromatic N) is 1. The molecule has 19 heavy (non-hydrogen) atoms. The van der Waals surface area contributed by atoms with Crippen molar-refractivity contribution in [2.45, 2.75) is 24.9 Å². The molecule has 0 aliphatic heterocycles. The highest BCUT2D eigenvalue weighted by Crippen LogP contribution is 2.22. The summed E-state index contributed by atoms with van der Waals surface area (Å²) in [6, 6.07) is 3.32. The van der Waals surface area contributed by atoms with Crippen molar-refractivity contribution < 1.29 is 29.6 Å². The number of aliphatic carboxylic acids is 2. The highest BCUT2D eigenvalue weighted by atomic mass is 16.5. The minimum atomic E-state index is -2.30. The standard InChI is InChI=1S/C12H15NO6/c1-19-10-8(3-2-6-13-10)4-5-12(18,11(16)17)7-9(14)15/h2-3,6,18H,4-5,7H2,1H3,(H,14,15)(H,16,17). The molecule has 1 heterocycles. The Kier molecular flexibility index (Phi) is 4.82. The fraction of sp³-hybridized carbons (Fsp3) is 0.417. The van der Waals surface area contributed by atoms with Crippen molar-refractivity contribution in [3.05, 3.63) is 23.9 Å². The van der Waals surface area contributed by atoms with Crippen LogP contribution in [-0.2, 0) is 16.0 Å². The highest BCUT2D eigenvalue weighted by Gasteiger charge is 2.38. The highest BCUT2D eigenvalue weighted by molar-refractivity contribution is 5.83. The first-order valence-corrected chi connectivity index (χ1v) is 5.54. The van der Waals surface area contributed by atoms with Crippen molar-refractivity contribution in [3.63, 3.8) is 0 Å². The van der Waals surface area contributed by atoms with Crippen LogP contribution in [-0.4, -0.2) is 45.0 Å². The van der Waals surface area contributed by atoms with E-state index in [0.717, 1.165) is 0 Å². The lowest BCUT2D eigenvalue weighted by atomic mass is 9.92. The third kappa shape index (κ3) is 3.92. The molecule has 104 valence electrons. The molecule has 0 spiro atoms. The van der Waals surface area contributed by atoms with Crippen LogP contribution in [0, 0.1) is 0 Å². The third-order valence-corrected chi connectivity index (χ3v) is 2.69. The van der Waals surface area contributed by atoms with E-state index in [1.807, 2.05) is 0 Å². The number of hydrogen-bond acceptors (Lipinski definition) is 5. The molecule has 1 atom stereocenters. The second kappa shape index (κ2) is 6.14. The Morgan fingerprint density at radius 1 is 1.42 bits per heavy atom. The van der Waals surface area contributed by atoms with E-state index in [1.54, 1.807) is 12.1 Å². The molecule has 7 nitrogen and oxygen atoms in total. The number of carboxylic acid groups (broad SMARTS) is 2. The third-order valence-electron chi connectivity index (χ3n) is 2.69. The summed E-state index contributed by atoms with van der Waals surface area (Å²) in [5, 5.41) is 27.4. The number of aryl methyl sites for hydroxylation is 1. The second-order valence-corrected chi connectivity index (χ2v) is 4.08. The molecule has 1 rings (SSSR count). The van der Waals surface area contributed by atoms with Gasteiger partial charge in [0.2, 0.25) is 5.88 Å². The first-order valence-electron chi connectivity index (χ1n) is 5.54. The Balaban J connectivity index is 2.82. The van der Waals surface area contributed by atoms with Crippen LogP contribution in [0.1, 0.15) is 18.4 Å². The van der Waals surface area contributed by atoms with E-state index >= 15 is 0 Å². The van der Waals surface area contributed by atoms with Gasteiger partial charge in [0.1, 0.15) is 0 Å². The van der Waals surface area contributed by atoms with E-state index in [9.17, 15) is 14.7 Å². The zero-order chi connectivity index (χ0) is 14.5. The summed E-state index contributed by atoms with van der Waals surface area (Å²) in [6.07, 6.45) is 0.567. The van der Waals surface area contributed by atoms with Crippen LogP contribution in [0.25, 0.3) is 0 Å². The van der Waals surface area contributed by atoms with Crippen LogP contribution in [0.4, 0.5) is 0 Å². The van der Waals surface area contributed by atoms with Crippen molar-refractivity contribution in [1.82, 2.24) is 4.98 Å². The van der Waals surface area contributed by atoms with Gasteiger partial charge in [-0.1, -0.05) is 6.07 Å². The Morgan fingerprint density at radius 3 is 2.63 bits per heavy atom. The number of rotatable bonds is 7. The molecular weight excluding hydrogens is 254 g/mol. The largest absolute Gasteiger partial charge is 0.481 e. The summed E-state index contributed by atoms with van der Waals surface area (Å²) in [6.45, 7) is 0.